The Balaban J connectivity index is 1.51. The molecule has 1 aliphatic heterocycles. The van der Waals surface area contributed by atoms with Gasteiger partial charge in [0.25, 0.3) is 0 Å². The fraction of sp³-hybridized carbons (Fsp3) is 0.381. The first-order valence-electron chi connectivity index (χ1n) is 9.16. The van der Waals surface area contributed by atoms with Crippen molar-refractivity contribution in [3.8, 4) is 11.5 Å². The molecule has 1 saturated heterocycles. The van der Waals surface area contributed by atoms with Crippen LogP contribution >= 0.6 is 0 Å². The lowest BCUT2D eigenvalue weighted by Crippen LogP contribution is -2.43. The molecule has 5 heteroatoms. The van der Waals surface area contributed by atoms with Gasteiger partial charge in [0.05, 0.1) is 12.8 Å². The largest absolute Gasteiger partial charge is 0.504 e. The molecule has 0 aromatic heterocycles. The highest BCUT2D eigenvalue weighted by atomic mass is 16.5. The van der Waals surface area contributed by atoms with Crippen LogP contribution in [0.3, 0.4) is 0 Å². The summed E-state index contributed by atoms with van der Waals surface area (Å²) in [6, 6.07) is 14.1. The van der Waals surface area contributed by atoms with E-state index in [1.807, 2.05) is 25.3 Å². The summed E-state index contributed by atoms with van der Waals surface area (Å²) in [6.07, 6.45) is 1.83. The molecule has 138 valence electrons. The van der Waals surface area contributed by atoms with Crippen LogP contribution in [0.1, 0.15) is 23.6 Å². The van der Waals surface area contributed by atoms with Crippen LogP contribution in [0.25, 0.3) is 0 Å². The smallest absolute Gasteiger partial charge is 0.161 e. The zero-order valence-corrected chi connectivity index (χ0v) is 15.6. The second-order valence-electron chi connectivity index (χ2n) is 6.62. The average molecular weight is 353 g/mol. The first-order valence-corrected chi connectivity index (χ1v) is 9.16. The Hall–Kier alpha value is -2.53. The summed E-state index contributed by atoms with van der Waals surface area (Å²) in [5.74, 6) is 0.660. The van der Waals surface area contributed by atoms with Gasteiger partial charge in [0, 0.05) is 32.7 Å². The third-order valence-electron chi connectivity index (χ3n) is 4.53. The van der Waals surface area contributed by atoms with Crippen molar-refractivity contribution < 1.29 is 9.84 Å². The minimum absolute atomic E-state index is 0.161. The van der Waals surface area contributed by atoms with Crippen LogP contribution in [-0.4, -0.2) is 54.0 Å². The molecule has 3 rings (SSSR count). The third-order valence-corrected chi connectivity index (χ3v) is 4.53. The van der Waals surface area contributed by atoms with E-state index < -0.39 is 0 Å². The van der Waals surface area contributed by atoms with Gasteiger partial charge in [0.15, 0.2) is 11.5 Å². The molecular weight excluding hydrogens is 326 g/mol. The van der Waals surface area contributed by atoms with Crippen molar-refractivity contribution in [3.63, 3.8) is 0 Å². The summed E-state index contributed by atoms with van der Waals surface area (Å²) in [5, 5.41) is 16.4. The van der Waals surface area contributed by atoms with E-state index in [1.165, 1.54) is 11.1 Å². The Labute approximate surface area is 155 Å². The van der Waals surface area contributed by atoms with E-state index >= 15 is 0 Å². The number of nitrogens with zero attached hydrogens (tertiary/aromatic N) is 3. The van der Waals surface area contributed by atoms with Crippen molar-refractivity contribution >= 4 is 6.21 Å². The van der Waals surface area contributed by atoms with E-state index in [-0.39, 0.29) is 5.75 Å². The minimum Gasteiger partial charge on any atom is -0.504 e. The summed E-state index contributed by atoms with van der Waals surface area (Å²) < 4.78 is 5.42. The highest BCUT2D eigenvalue weighted by Crippen LogP contribution is 2.26. The molecule has 0 bridgehead atoms. The Bertz CT molecular complexity index is 735. The third kappa shape index (κ3) is 4.99. The second kappa shape index (κ2) is 8.72. The molecule has 2 aromatic carbocycles. The van der Waals surface area contributed by atoms with Crippen LogP contribution < -0.4 is 4.74 Å². The Morgan fingerprint density at radius 3 is 2.50 bits per heavy atom. The number of hydrogen-bond acceptors (Lipinski definition) is 5. The maximum absolute atomic E-state index is 9.76. The van der Waals surface area contributed by atoms with Crippen LogP contribution in [0.4, 0.5) is 0 Å². The number of aromatic hydroxyl groups is 1. The molecule has 2 aromatic rings. The number of phenols is 1. The number of hydrogen-bond donors (Lipinski definition) is 1. The molecule has 0 atom stereocenters. The van der Waals surface area contributed by atoms with E-state index in [0.29, 0.717) is 12.4 Å². The van der Waals surface area contributed by atoms with Crippen molar-refractivity contribution in [2.45, 2.75) is 20.4 Å². The van der Waals surface area contributed by atoms with Crippen LogP contribution in [0.5, 0.6) is 11.5 Å². The van der Waals surface area contributed by atoms with E-state index in [1.54, 1.807) is 6.07 Å². The van der Waals surface area contributed by atoms with Gasteiger partial charge in [0.1, 0.15) is 0 Å². The lowest BCUT2D eigenvalue weighted by atomic mass is 10.1. The predicted octanol–water partition coefficient (Wildman–Crippen LogP) is 3.25. The predicted molar refractivity (Wildman–Crippen MR) is 105 cm³/mol. The highest BCUT2D eigenvalue weighted by molar-refractivity contribution is 5.80. The Morgan fingerprint density at radius 2 is 1.81 bits per heavy atom. The van der Waals surface area contributed by atoms with Crippen LogP contribution in [-0.2, 0) is 6.54 Å². The maximum atomic E-state index is 9.76. The molecule has 5 nitrogen and oxygen atoms in total. The van der Waals surface area contributed by atoms with Crippen LogP contribution in [0, 0.1) is 6.92 Å². The number of ether oxygens (including phenoxy) is 1. The van der Waals surface area contributed by atoms with Crippen LogP contribution in [0.2, 0.25) is 0 Å². The number of phenolic OH excluding ortho intramolecular Hbond substituents is 1. The Morgan fingerprint density at radius 1 is 1.08 bits per heavy atom. The van der Waals surface area contributed by atoms with Gasteiger partial charge in [0.2, 0.25) is 0 Å². The monoisotopic (exact) mass is 353 g/mol. The zero-order chi connectivity index (χ0) is 18.4. The number of aryl methyl sites for hydroxylation is 1. The number of piperazine rings is 1. The summed E-state index contributed by atoms with van der Waals surface area (Å²) >= 11 is 0. The van der Waals surface area contributed by atoms with Gasteiger partial charge in [-0.2, -0.15) is 5.10 Å². The highest BCUT2D eigenvalue weighted by Gasteiger charge is 2.15. The van der Waals surface area contributed by atoms with Gasteiger partial charge in [-0.25, -0.2) is 0 Å². The first kappa shape index (κ1) is 18.3. The minimum atomic E-state index is 0.161. The molecule has 1 N–H and O–H groups in total. The lowest BCUT2D eigenvalue weighted by molar-refractivity contribution is 0.131. The summed E-state index contributed by atoms with van der Waals surface area (Å²) in [7, 11) is 0. The van der Waals surface area contributed by atoms with E-state index in [4.69, 9.17) is 4.74 Å². The topological polar surface area (TPSA) is 48.3 Å². The molecule has 26 heavy (non-hydrogen) atoms. The van der Waals surface area contributed by atoms with Gasteiger partial charge in [-0.1, -0.05) is 29.8 Å². The number of hydrazone groups is 1. The molecule has 0 unspecified atom stereocenters. The normalized spacial score (nSPS) is 15.5. The Kier molecular flexibility index (Phi) is 6.12. The standard InChI is InChI=1S/C21H27N3O2/c1-3-26-21-14-19(8-9-20(21)25)15-22-24-12-10-23(11-13-24)16-18-6-4-17(2)5-7-18/h4-9,14-15,25H,3,10-13,16H2,1-2H3/b22-15+. The SMILES string of the molecule is CCOc1cc(/C=N/N2CCN(Cc3ccc(C)cc3)CC2)ccc1O. The number of benzene rings is 2. The fourth-order valence-electron chi connectivity index (χ4n) is 2.99. The van der Waals surface area contributed by atoms with Crippen LogP contribution in [0.15, 0.2) is 47.6 Å². The first-order chi connectivity index (χ1) is 12.6. The molecule has 0 amide bonds. The van der Waals surface area contributed by atoms with Gasteiger partial charge >= 0.3 is 0 Å². The molecule has 0 radical (unpaired) electrons. The van der Waals surface area contributed by atoms with Gasteiger partial charge in [-0.3, -0.25) is 9.91 Å². The maximum Gasteiger partial charge on any atom is 0.161 e. The summed E-state index contributed by atoms with van der Waals surface area (Å²) in [5.41, 5.74) is 3.59. The second-order valence-corrected chi connectivity index (χ2v) is 6.62. The van der Waals surface area contributed by atoms with Gasteiger partial charge in [-0.15, -0.1) is 0 Å². The molecule has 0 saturated carbocycles. The van der Waals surface area contributed by atoms with Gasteiger partial charge in [-0.05, 0) is 43.2 Å². The van der Waals surface area contributed by atoms with Crippen molar-refractivity contribution in [1.29, 1.82) is 0 Å². The van der Waals surface area contributed by atoms with E-state index in [9.17, 15) is 5.11 Å². The molecule has 0 aliphatic carbocycles. The van der Waals surface area contributed by atoms with Crippen molar-refractivity contribution in [2.24, 2.45) is 5.10 Å². The molecule has 0 spiro atoms. The molecular formula is C21H27N3O2. The lowest BCUT2D eigenvalue weighted by Gasteiger charge is -2.33. The fourth-order valence-corrected chi connectivity index (χ4v) is 2.99. The van der Waals surface area contributed by atoms with Crippen molar-refractivity contribution in [3.05, 3.63) is 59.2 Å². The van der Waals surface area contributed by atoms with Crippen molar-refractivity contribution in [2.75, 3.05) is 32.8 Å². The summed E-state index contributed by atoms with van der Waals surface area (Å²) in [4.78, 5) is 2.46. The average Bonchev–Trinajstić information content (AvgIpc) is 2.65. The van der Waals surface area contributed by atoms with E-state index in [0.717, 1.165) is 38.3 Å². The van der Waals surface area contributed by atoms with Crippen molar-refractivity contribution in [1.82, 2.24) is 9.91 Å². The zero-order valence-electron chi connectivity index (χ0n) is 15.6. The molecule has 1 fully saturated rings. The molecule has 1 aliphatic rings. The number of rotatable bonds is 6. The van der Waals surface area contributed by atoms with Gasteiger partial charge < -0.3 is 9.84 Å². The van der Waals surface area contributed by atoms with E-state index in [2.05, 4.69) is 46.2 Å². The molecule has 1 heterocycles. The quantitative estimate of drug-likeness (QED) is 0.810. The summed E-state index contributed by atoms with van der Waals surface area (Å²) in [6.45, 7) is 9.38.